The summed E-state index contributed by atoms with van der Waals surface area (Å²) in [6, 6.07) is 0. The molecule has 88 valence electrons. The third kappa shape index (κ3) is 7.23. The van der Waals surface area contributed by atoms with Crippen molar-refractivity contribution in [1.82, 2.24) is 0 Å². The molecule has 0 saturated heterocycles. The van der Waals surface area contributed by atoms with Crippen LogP contribution in [-0.2, 0) is 0 Å². The fraction of sp³-hybridized carbons (Fsp3) is 1.00. The summed E-state index contributed by atoms with van der Waals surface area (Å²) in [5.41, 5.74) is -0.667. The van der Waals surface area contributed by atoms with Crippen LogP contribution in [0, 0.1) is 5.41 Å². The van der Waals surface area contributed by atoms with Gasteiger partial charge in [0.2, 0.25) is 0 Å². The lowest BCUT2D eigenvalue weighted by atomic mass is 9.88. The van der Waals surface area contributed by atoms with Crippen molar-refractivity contribution in [3.05, 3.63) is 0 Å². The summed E-state index contributed by atoms with van der Waals surface area (Å²) in [4.78, 5) is 0. The normalized spacial score (nSPS) is 13.1. The van der Waals surface area contributed by atoms with Crippen molar-refractivity contribution >= 4 is 0 Å². The second-order valence-electron chi connectivity index (χ2n) is 3.36. The largest absolute Gasteiger partial charge is 0.396 e. The average Bonchev–Trinajstić information content (AvgIpc) is 2.23. The topological polar surface area (TPSA) is 101 Å². The minimum Gasteiger partial charge on any atom is -0.396 e. The molecule has 1 atom stereocenters. The van der Waals surface area contributed by atoms with Gasteiger partial charge in [0.25, 0.3) is 0 Å². The van der Waals surface area contributed by atoms with Gasteiger partial charge in [-0.1, -0.05) is 6.92 Å². The van der Waals surface area contributed by atoms with Gasteiger partial charge in [0.15, 0.2) is 0 Å². The molecule has 0 rings (SSSR count). The van der Waals surface area contributed by atoms with Gasteiger partial charge in [-0.15, -0.1) is 0 Å². The maximum Gasteiger partial charge on any atom is 0.0742 e. The highest BCUT2D eigenvalue weighted by Gasteiger charge is 2.24. The molecule has 0 aromatic heterocycles. The number of aliphatic hydroxyl groups excluding tert-OH is 5. The van der Waals surface area contributed by atoms with Crippen molar-refractivity contribution in [2.24, 2.45) is 5.41 Å². The van der Waals surface area contributed by atoms with E-state index in [2.05, 4.69) is 0 Å². The van der Waals surface area contributed by atoms with Crippen LogP contribution in [0.5, 0.6) is 0 Å². The molecule has 0 bridgehead atoms. The van der Waals surface area contributed by atoms with Crippen LogP contribution in [0.3, 0.4) is 0 Å². The van der Waals surface area contributed by atoms with Crippen molar-refractivity contribution in [2.75, 3.05) is 26.4 Å². The molecule has 0 aliphatic carbocycles. The van der Waals surface area contributed by atoms with E-state index in [-0.39, 0.29) is 26.4 Å². The van der Waals surface area contributed by atoms with Gasteiger partial charge >= 0.3 is 0 Å². The van der Waals surface area contributed by atoms with Gasteiger partial charge in [-0.25, -0.2) is 0 Å². The summed E-state index contributed by atoms with van der Waals surface area (Å²) in [7, 11) is 0. The van der Waals surface area contributed by atoms with E-state index in [4.69, 9.17) is 25.5 Å². The molecule has 0 amide bonds. The third-order valence-corrected chi connectivity index (χ3v) is 2.02. The lowest BCUT2D eigenvalue weighted by molar-refractivity contribution is 0.00304. The molecule has 0 radical (unpaired) electrons. The molecular formula is C9H22O5. The average molecular weight is 210 g/mol. The Morgan fingerprint density at radius 1 is 1.00 bits per heavy atom. The van der Waals surface area contributed by atoms with Crippen LogP contribution in [0.15, 0.2) is 0 Å². The molecule has 5 heteroatoms. The molecular weight excluding hydrogens is 188 g/mol. The zero-order valence-corrected chi connectivity index (χ0v) is 8.85. The summed E-state index contributed by atoms with van der Waals surface area (Å²) in [6.07, 6.45) is 0.0336. The van der Waals surface area contributed by atoms with E-state index in [1.807, 2.05) is 6.92 Å². The third-order valence-electron chi connectivity index (χ3n) is 2.02. The molecule has 0 saturated carbocycles. The maximum absolute atomic E-state index is 8.66. The van der Waals surface area contributed by atoms with Crippen molar-refractivity contribution in [3.8, 4) is 0 Å². The fourth-order valence-electron chi connectivity index (χ4n) is 0.485. The van der Waals surface area contributed by atoms with Gasteiger partial charge in [0.05, 0.1) is 32.5 Å². The van der Waals surface area contributed by atoms with E-state index in [9.17, 15) is 0 Å². The lowest BCUT2D eigenvalue weighted by Gasteiger charge is -2.24. The zero-order chi connectivity index (χ0) is 11.6. The smallest absolute Gasteiger partial charge is 0.0742 e. The minimum atomic E-state index is -0.667. The number of hydrogen-bond donors (Lipinski definition) is 5. The Labute approximate surface area is 84.6 Å². The molecule has 5 N–H and O–H groups in total. The zero-order valence-electron chi connectivity index (χ0n) is 8.85. The Kier molecular flexibility index (Phi) is 10.9. The van der Waals surface area contributed by atoms with Crippen molar-refractivity contribution < 1.29 is 25.5 Å². The maximum atomic E-state index is 8.66. The Bertz CT molecular complexity index is 94.3. The van der Waals surface area contributed by atoms with Gasteiger partial charge in [-0.2, -0.15) is 0 Å². The molecule has 0 aromatic carbocycles. The summed E-state index contributed by atoms with van der Waals surface area (Å²) in [5.74, 6) is 0. The first-order valence-electron chi connectivity index (χ1n) is 4.63. The second kappa shape index (κ2) is 9.36. The quantitative estimate of drug-likeness (QED) is 0.389. The van der Waals surface area contributed by atoms with Crippen LogP contribution in [0.1, 0.15) is 20.3 Å². The van der Waals surface area contributed by atoms with E-state index in [1.54, 1.807) is 0 Å². The number of hydrogen-bond acceptors (Lipinski definition) is 5. The van der Waals surface area contributed by atoms with Crippen LogP contribution in [0.4, 0.5) is 0 Å². The summed E-state index contributed by atoms with van der Waals surface area (Å²) < 4.78 is 0. The van der Waals surface area contributed by atoms with Crippen LogP contribution in [0.2, 0.25) is 0 Å². The number of aliphatic hydroxyl groups is 5. The van der Waals surface area contributed by atoms with Crippen molar-refractivity contribution in [1.29, 1.82) is 0 Å². The van der Waals surface area contributed by atoms with Crippen LogP contribution >= 0.6 is 0 Å². The monoisotopic (exact) mass is 210 g/mol. The highest BCUT2D eigenvalue weighted by Crippen LogP contribution is 2.18. The first kappa shape index (κ1) is 16.2. The SMILES string of the molecule is CC(O)CO.CCC(CO)(CO)CO. The van der Waals surface area contributed by atoms with Crippen molar-refractivity contribution in [2.45, 2.75) is 26.4 Å². The summed E-state index contributed by atoms with van der Waals surface area (Å²) in [6.45, 7) is 2.74. The van der Waals surface area contributed by atoms with Crippen LogP contribution in [0.25, 0.3) is 0 Å². The van der Waals surface area contributed by atoms with Gasteiger partial charge in [-0.05, 0) is 13.3 Å². The van der Waals surface area contributed by atoms with E-state index in [0.717, 1.165) is 0 Å². The molecule has 0 heterocycles. The van der Waals surface area contributed by atoms with Gasteiger partial charge < -0.3 is 25.5 Å². The Hall–Kier alpha value is -0.200. The summed E-state index contributed by atoms with van der Waals surface area (Å²) >= 11 is 0. The fourth-order valence-corrected chi connectivity index (χ4v) is 0.485. The first-order chi connectivity index (χ1) is 6.51. The lowest BCUT2D eigenvalue weighted by Crippen LogP contribution is -2.32. The van der Waals surface area contributed by atoms with Crippen LogP contribution < -0.4 is 0 Å². The Morgan fingerprint density at radius 3 is 1.29 bits per heavy atom. The van der Waals surface area contributed by atoms with E-state index >= 15 is 0 Å². The molecule has 0 aliphatic heterocycles. The molecule has 0 aliphatic rings. The highest BCUT2D eigenvalue weighted by molar-refractivity contribution is 4.74. The van der Waals surface area contributed by atoms with Gasteiger partial charge in [-0.3, -0.25) is 0 Å². The molecule has 0 spiro atoms. The van der Waals surface area contributed by atoms with Gasteiger partial charge in [0, 0.05) is 5.41 Å². The summed E-state index contributed by atoms with van der Waals surface area (Å²) in [5, 5.41) is 42.0. The molecule has 5 nitrogen and oxygen atoms in total. The molecule has 0 aromatic rings. The van der Waals surface area contributed by atoms with Crippen LogP contribution in [-0.4, -0.2) is 58.1 Å². The Balaban J connectivity index is 0. The Morgan fingerprint density at radius 2 is 1.29 bits per heavy atom. The predicted octanol–water partition coefficient (Wildman–Crippen LogP) is -1.28. The highest BCUT2D eigenvalue weighted by atomic mass is 16.3. The molecule has 0 fully saturated rings. The standard InChI is InChI=1S/C6H14O3.C3H8O2/c1-2-6(3-7,4-8)5-9;1-3(5)2-4/h7-9H,2-5H2,1H3;3-5H,2H2,1H3. The molecule has 14 heavy (non-hydrogen) atoms. The molecule has 1 unspecified atom stereocenters. The van der Waals surface area contributed by atoms with E-state index in [0.29, 0.717) is 6.42 Å². The van der Waals surface area contributed by atoms with E-state index < -0.39 is 11.5 Å². The number of rotatable bonds is 5. The first-order valence-corrected chi connectivity index (χ1v) is 4.63. The van der Waals surface area contributed by atoms with Crippen molar-refractivity contribution in [3.63, 3.8) is 0 Å². The van der Waals surface area contributed by atoms with Gasteiger partial charge in [0.1, 0.15) is 0 Å². The van der Waals surface area contributed by atoms with E-state index in [1.165, 1.54) is 6.92 Å². The predicted molar refractivity (Wildman–Crippen MR) is 52.7 cm³/mol. The second-order valence-corrected chi connectivity index (χ2v) is 3.36. The minimum absolute atomic E-state index is 0.139.